The molecule has 0 N–H and O–H groups in total. The van der Waals surface area contributed by atoms with Gasteiger partial charge in [0, 0.05) is 38.3 Å². The van der Waals surface area contributed by atoms with Crippen LogP contribution in [0.5, 0.6) is 0 Å². The van der Waals surface area contributed by atoms with Gasteiger partial charge in [-0.2, -0.15) is 0 Å². The minimum absolute atomic E-state index is 0.0764. The topological polar surface area (TPSA) is 53.5 Å². The summed E-state index contributed by atoms with van der Waals surface area (Å²) in [5.74, 6) is -0.0314. The average molecular weight is 434 g/mol. The summed E-state index contributed by atoms with van der Waals surface area (Å²) >= 11 is 1.71. The summed E-state index contributed by atoms with van der Waals surface area (Å²) in [4.78, 5) is 35.4. The molecule has 5 nitrogen and oxygen atoms in total. The SMILES string of the molecule is CN(C)C(=O)C1(Cc2cccc(-c3cccs3)c2)CCCN(C(=O)c2ccccn2)C1. The van der Waals surface area contributed by atoms with E-state index in [1.165, 1.54) is 4.88 Å². The Morgan fingerprint density at radius 2 is 2.00 bits per heavy atom. The van der Waals surface area contributed by atoms with Crippen molar-refractivity contribution in [3.63, 3.8) is 0 Å². The molecule has 160 valence electrons. The van der Waals surface area contributed by atoms with Crippen molar-refractivity contribution in [2.24, 2.45) is 5.41 Å². The van der Waals surface area contributed by atoms with Crippen molar-refractivity contribution in [3.8, 4) is 10.4 Å². The van der Waals surface area contributed by atoms with Crippen LogP contribution in [0.4, 0.5) is 0 Å². The molecule has 1 aromatic carbocycles. The second kappa shape index (κ2) is 9.02. The Kier molecular flexibility index (Phi) is 6.18. The summed E-state index contributed by atoms with van der Waals surface area (Å²) in [5.41, 5.74) is 2.07. The van der Waals surface area contributed by atoms with Crippen LogP contribution in [0.1, 0.15) is 28.9 Å². The maximum absolute atomic E-state index is 13.4. The lowest BCUT2D eigenvalue weighted by atomic mass is 9.73. The summed E-state index contributed by atoms with van der Waals surface area (Å²) in [7, 11) is 3.59. The van der Waals surface area contributed by atoms with Crippen LogP contribution in [0.25, 0.3) is 10.4 Å². The van der Waals surface area contributed by atoms with E-state index in [1.807, 2.05) is 12.1 Å². The number of amides is 2. The van der Waals surface area contributed by atoms with Gasteiger partial charge in [0.15, 0.2) is 0 Å². The number of piperidine rings is 1. The lowest BCUT2D eigenvalue weighted by Crippen LogP contribution is -2.54. The smallest absolute Gasteiger partial charge is 0.272 e. The maximum Gasteiger partial charge on any atom is 0.272 e. The van der Waals surface area contributed by atoms with Crippen LogP contribution in [0, 0.1) is 5.41 Å². The Morgan fingerprint density at radius 1 is 1.13 bits per heavy atom. The van der Waals surface area contributed by atoms with Crippen molar-refractivity contribution in [2.75, 3.05) is 27.2 Å². The summed E-state index contributed by atoms with van der Waals surface area (Å²) < 4.78 is 0. The summed E-state index contributed by atoms with van der Waals surface area (Å²) in [6, 6.07) is 17.9. The van der Waals surface area contributed by atoms with E-state index >= 15 is 0 Å². The maximum atomic E-state index is 13.4. The van der Waals surface area contributed by atoms with Gasteiger partial charge in [-0.25, -0.2) is 0 Å². The number of hydrogen-bond acceptors (Lipinski definition) is 4. The van der Waals surface area contributed by atoms with Crippen LogP contribution in [-0.4, -0.2) is 53.8 Å². The third-order valence-corrected chi connectivity index (χ3v) is 6.80. The highest BCUT2D eigenvalue weighted by Gasteiger charge is 2.44. The van der Waals surface area contributed by atoms with Crippen LogP contribution in [0.3, 0.4) is 0 Å². The number of pyridine rings is 1. The molecule has 1 saturated heterocycles. The molecule has 2 aromatic heterocycles. The summed E-state index contributed by atoms with van der Waals surface area (Å²) in [6.45, 7) is 1.05. The third-order valence-electron chi connectivity index (χ3n) is 5.88. The van der Waals surface area contributed by atoms with Crippen LogP contribution in [0.15, 0.2) is 66.2 Å². The van der Waals surface area contributed by atoms with Crippen molar-refractivity contribution in [1.82, 2.24) is 14.8 Å². The summed E-state index contributed by atoms with van der Waals surface area (Å²) in [5, 5.41) is 2.07. The second-order valence-electron chi connectivity index (χ2n) is 8.38. The number of rotatable bonds is 5. The van der Waals surface area contributed by atoms with Gasteiger partial charge in [-0.15, -0.1) is 11.3 Å². The molecule has 4 rings (SSSR count). The number of hydrogen-bond donors (Lipinski definition) is 0. The normalized spacial score (nSPS) is 18.6. The predicted molar refractivity (Wildman–Crippen MR) is 124 cm³/mol. The number of benzene rings is 1. The van der Waals surface area contributed by atoms with E-state index in [2.05, 4.69) is 40.7 Å². The van der Waals surface area contributed by atoms with Gasteiger partial charge in [-0.05, 0) is 54.0 Å². The Balaban J connectivity index is 1.64. The van der Waals surface area contributed by atoms with Gasteiger partial charge in [0.2, 0.25) is 5.91 Å². The fraction of sp³-hybridized carbons (Fsp3) is 0.320. The van der Waals surface area contributed by atoms with E-state index in [0.717, 1.165) is 24.0 Å². The lowest BCUT2D eigenvalue weighted by molar-refractivity contribution is -0.142. The summed E-state index contributed by atoms with van der Waals surface area (Å²) in [6.07, 6.45) is 3.79. The first-order valence-electron chi connectivity index (χ1n) is 10.5. The van der Waals surface area contributed by atoms with Crippen LogP contribution in [-0.2, 0) is 11.2 Å². The van der Waals surface area contributed by atoms with Gasteiger partial charge in [-0.1, -0.05) is 36.4 Å². The zero-order chi connectivity index (χ0) is 21.8. The molecular formula is C25H27N3O2S. The highest BCUT2D eigenvalue weighted by molar-refractivity contribution is 7.13. The highest BCUT2D eigenvalue weighted by atomic mass is 32.1. The molecule has 1 unspecified atom stereocenters. The van der Waals surface area contributed by atoms with Crippen molar-refractivity contribution >= 4 is 23.2 Å². The van der Waals surface area contributed by atoms with Crippen molar-refractivity contribution in [1.29, 1.82) is 0 Å². The fourth-order valence-electron chi connectivity index (χ4n) is 4.49. The van der Waals surface area contributed by atoms with Crippen molar-refractivity contribution in [3.05, 3.63) is 77.4 Å². The molecule has 1 fully saturated rings. The van der Waals surface area contributed by atoms with Gasteiger partial charge >= 0.3 is 0 Å². The molecule has 1 atom stereocenters. The van der Waals surface area contributed by atoms with Gasteiger partial charge in [0.1, 0.15) is 5.69 Å². The van der Waals surface area contributed by atoms with Crippen LogP contribution < -0.4 is 0 Å². The minimum Gasteiger partial charge on any atom is -0.348 e. The predicted octanol–water partition coefficient (Wildman–Crippen LogP) is 4.36. The minimum atomic E-state index is -0.639. The van der Waals surface area contributed by atoms with Gasteiger partial charge < -0.3 is 9.80 Å². The molecule has 2 amide bonds. The number of carbonyl (C=O) groups is 2. The standard InChI is InChI=1S/C25H27N3O2S/c1-27(2)24(30)25(17-19-8-5-9-20(16-19)22-11-6-15-31-22)12-7-14-28(18-25)23(29)21-10-3-4-13-26-21/h3-6,8-11,13,15-16H,7,12,14,17-18H2,1-2H3. The molecule has 1 aliphatic rings. The van der Waals surface area contributed by atoms with Crippen LogP contribution >= 0.6 is 11.3 Å². The molecule has 0 bridgehead atoms. The molecule has 3 aromatic rings. The van der Waals surface area contributed by atoms with Gasteiger partial charge in [0.05, 0.1) is 5.41 Å². The molecule has 0 aliphatic carbocycles. The van der Waals surface area contributed by atoms with E-state index < -0.39 is 5.41 Å². The van der Waals surface area contributed by atoms with Crippen molar-refractivity contribution in [2.45, 2.75) is 19.3 Å². The Bertz CT molecular complexity index is 1050. The number of aromatic nitrogens is 1. The quantitative estimate of drug-likeness (QED) is 0.601. The first-order chi connectivity index (χ1) is 15.0. The number of likely N-dealkylation sites (tertiary alicyclic amines) is 1. The zero-order valence-corrected chi connectivity index (χ0v) is 18.8. The van der Waals surface area contributed by atoms with Gasteiger partial charge in [-0.3, -0.25) is 14.6 Å². The third kappa shape index (κ3) is 4.54. The largest absolute Gasteiger partial charge is 0.348 e. The Morgan fingerprint density at radius 3 is 2.71 bits per heavy atom. The van der Waals surface area contributed by atoms with E-state index in [0.29, 0.717) is 25.2 Å². The van der Waals surface area contributed by atoms with E-state index in [4.69, 9.17) is 0 Å². The lowest BCUT2D eigenvalue weighted by Gasteiger charge is -2.43. The number of thiophene rings is 1. The fourth-order valence-corrected chi connectivity index (χ4v) is 5.22. The average Bonchev–Trinajstić information content (AvgIpc) is 3.34. The van der Waals surface area contributed by atoms with Gasteiger partial charge in [0.25, 0.3) is 5.91 Å². The number of carbonyl (C=O) groups excluding carboxylic acids is 2. The second-order valence-corrected chi connectivity index (χ2v) is 9.33. The molecule has 3 heterocycles. The Hall–Kier alpha value is -2.99. The molecule has 0 radical (unpaired) electrons. The van der Waals surface area contributed by atoms with Crippen LogP contribution in [0.2, 0.25) is 0 Å². The van der Waals surface area contributed by atoms with Crippen molar-refractivity contribution < 1.29 is 9.59 Å². The molecular weight excluding hydrogens is 406 g/mol. The zero-order valence-electron chi connectivity index (χ0n) is 18.0. The molecule has 0 saturated carbocycles. The first-order valence-corrected chi connectivity index (χ1v) is 11.4. The highest BCUT2D eigenvalue weighted by Crippen LogP contribution is 2.37. The molecule has 31 heavy (non-hydrogen) atoms. The Labute approximate surface area is 187 Å². The molecule has 0 spiro atoms. The van der Waals surface area contributed by atoms with E-state index in [-0.39, 0.29) is 11.8 Å². The van der Waals surface area contributed by atoms with E-state index in [9.17, 15) is 9.59 Å². The molecule has 6 heteroatoms. The van der Waals surface area contributed by atoms with E-state index in [1.54, 1.807) is 53.6 Å². The molecule has 1 aliphatic heterocycles. The first kappa shape index (κ1) is 21.2. The monoisotopic (exact) mass is 433 g/mol. The number of nitrogens with zero attached hydrogens (tertiary/aromatic N) is 3.